The zero-order valence-electron chi connectivity index (χ0n) is 9.78. The molecule has 0 radical (unpaired) electrons. The van der Waals surface area contributed by atoms with Crippen LogP contribution in [-0.4, -0.2) is 26.3 Å². The van der Waals surface area contributed by atoms with Crippen molar-refractivity contribution in [3.05, 3.63) is 23.8 Å². The van der Waals surface area contributed by atoms with Crippen LogP contribution in [0.5, 0.6) is 11.5 Å². The molecule has 0 aliphatic heterocycles. The van der Waals surface area contributed by atoms with Crippen LogP contribution in [0.25, 0.3) is 0 Å². The first-order chi connectivity index (χ1) is 7.69. The molecule has 0 bridgehead atoms. The van der Waals surface area contributed by atoms with Crippen molar-refractivity contribution in [2.24, 2.45) is 0 Å². The second-order valence-electron chi connectivity index (χ2n) is 3.17. The standard InChI is InChI=1S/C12H16O4/c1-4-15-8-16-12-7-10(14-3)5-6-11(12)9(2)13/h5-7H,4,8H2,1-3H3. The van der Waals surface area contributed by atoms with Crippen LogP contribution in [0.4, 0.5) is 0 Å². The maximum absolute atomic E-state index is 11.3. The normalized spacial score (nSPS) is 9.94. The number of benzene rings is 1. The Bertz CT molecular complexity index is 360. The molecule has 0 N–H and O–H groups in total. The fourth-order valence-corrected chi connectivity index (χ4v) is 1.23. The molecule has 88 valence electrons. The van der Waals surface area contributed by atoms with Gasteiger partial charge in [-0.3, -0.25) is 4.79 Å². The lowest BCUT2D eigenvalue weighted by Gasteiger charge is -2.10. The van der Waals surface area contributed by atoms with Gasteiger partial charge in [-0.05, 0) is 26.0 Å². The first kappa shape index (κ1) is 12.5. The topological polar surface area (TPSA) is 44.8 Å². The van der Waals surface area contributed by atoms with E-state index in [0.717, 1.165) is 0 Å². The Morgan fingerprint density at radius 3 is 2.69 bits per heavy atom. The minimum absolute atomic E-state index is 0.0471. The number of methoxy groups -OCH3 is 1. The van der Waals surface area contributed by atoms with Crippen molar-refractivity contribution in [2.75, 3.05) is 20.5 Å². The molecule has 1 rings (SSSR count). The van der Waals surface area contributed by atoms with E-state index in [2.05, 4.69) is 0 Å². The Balaban J connectivity index is 2.87. The molecule has 1 aromatic rings. The third-order valence-corrected chi connectivity index (χ3v) is 2.07. The summed E-state index contributed by atoms with van der Waals surface area (Å²) in [5.74, 6) is 1.09. The number of carbonyl (C=O) groups is 1. The van der Waals surface area contributed by atoms with Gasteiger partial charge in [0, 0.05) is 12.7 Å². The lowest BCUT2D eigenvalue weighted by Crippen LogP contribution is -2.06. The van der Waals surface area contributed by atoms with Gasteiger partial charge in [0.2, 0.25) is 0 Å². The molecule has 4 nitrogen and oxygen atoms in total. The molecule has 16 heavy (non-hydrogen) atoms. The van der Waals surface area contributed by atoms with Crippen molar-refractivity contribution < 1.29 is 19.0 Å². The van der Waals surface area contributed by atoms with E-state index in [4.69, 9.17) is 14.2 Å². The average molecular weight is 224 g/mol. The molecular weight excluding hydrogens is 208 g/mol. The zero-order valence-corrected chi connectivity index (χ0v) is 9.78. The molecule has 0 atom stereocenters. The number of hydrogen-bond donors (Lipinski definition) is 0. The Labute approximate surface area is 95.1 Å². The van der Waals surface area contributed by atoms with Gasteiger partial charge in [0.25, 0.3) is 0 Å². The van der Waals surface area contributed by atoms with Crippen molar-refractivity contribution in [1.82, 2.24) is 0 Å². The highest BCUT2D eigenvalue weighted by molar-refractivity contribution is 5.97. The number of hydrogen-bond acceptors (Lipinski definition) is 4. The maximum atomic E-state index is 11.3. The van der Waals surface area contributed by atoms with Gasteiger partial charge in [-0.1, -0.05) is 0 Å². The molecule has 0 aliphatic carbocycles. The van der Waals surface area contributed by atoms with E-state index in [1.165, 1.54) is 6.92 Å². The Hall–Kier alpha value is -1.55. The number of Topliss-reactive ketones (excluding diaryl/α,β-unsaturated/α-hetero) is 1. The summed E-state index contributed by atoms with van der Waals surface area (Å²) in [6.45, 7) is 4.07. The van der Waals surface area contributed by atoms with Crippen LogP contribution >= 0.6 is 0 Å². The first-order valence-electron chi connectivity index (χ1n) is 5.08. The highest BCUT2D eigenvalue weighted by Crippen LogP contribution is 2.25. The number of ether oxygens (including phenoxy) is 3. The SMILES string of the molecule is CCOCOc1cc(OC)ccc1C(C)=O. The van der Waals surface area contributed by atoms with E-state index < -0.39 is 0 Å². The van der Waals surface area contributed by atoms with Crippen LogP contribution < -0.4 is 9.47 Å². The Morgan fingerprint density at radius 1 is 1.38 bits per heavy atom. The van der Waals surface area contributed by atoms with E-state index >= 15 is 0 Å². The van der Waals surface area contributed by atoms with E-state index in [1.807, 2.05) is 6.92 Å². The summed E-state index contributed by atoms with van der Waals surface area (Å²) >= 11 is 0. The number of rotatable bonds is 6. The van der Waals surface area contributed by atoms with Gasteiger partial charge in [-0.25, -0.2) is 0 Å². The van der Waals surface area contributed by atoms with Gasteiger partial charge >= 0.3 is 0 Å². The van der Waals surface area contributed by atoms with E-state index in [1.54, 1.807) is 25.3 Å². The predicted molar refractivity (Wildman–Crippen MR) is 60.1 cm³/mol. The van der Waals surface area contributed by atoms with Crippen molar-refractivity contribution in [3.63, 3.8) is 0 Å². The summed E-state index contributed by atoms with van der Waals surface area (Å²) < 4.78 is 15.5. The Kier molecular flexibility index (Phi) is 4.79. The van der Waals surface area contributed by atoms with Crippen LogP contribution in [0.15, 0.2) is 18.2 Å². The molecule has 0 aliphatic rings. The molecule has 0 unspecified atom stereocenters. The van der Waals surface area contributed by atoms with Crippen molar-refractivity contribution in [3.8, 4) is 11.5 Å². The lowest BCUT2D eigenvalue weighted by molar-refractivity contribution is 0.0218. The molecule has 0 aromatic heterocycles. The van der Waals surface area contributed by atoms with E-state index in [9.17, 15) is 4.79 Å². The molecule has 1 aromatic carbocycles. The monoisotopic (exact) mass is 224 g/mol. The van der Waals surface area contributed by atoms with Gasteiger partial charge in [0.1, 0.15) is 11.5 Å². The summed E-state index contributed by atoms with van der Waals surface area (Å²) in [5, 5.41) is 0. The zero-order chi connectivity index (χ0) is 12.0. The van der Waals surface area contributed by atoms with Crippen molar-refractivity contribution >= 4 is 5.78 Å². The molecule has 0 saturated heterocycles. The van der Waals surface area contributed by atoms with Crippen LogP contribution in [0, 0.1) is 0 Å². The molecule has 0 fully saturated rings. The summed E-state index contributed by atoms with van der Waals surface area (Å²) in [4.78, 5) is 11.3. The summed E-state index contributed by atoms with van der Waals surface area (Å²) in [6, 6.07) is 5.09. The first-order valence-corrected chi connectivity index (χ1v) is 5.08. The van der Waals surface area contributed by atoms with Gasteiger partial charge in [0.05, 0.1) is 12.7 Å². The van der Waals surface area contributed by atoms with Gasteiger partial charge < -0.3 is 14.2 Å². The minimum Gasteiger partial charge on any atom is -0.497 e. The number of ketones is 1. The lowest BCUT2D eigenvalue weighted by atomic mass is 10.1. The fourth-order valence-electron chi connectivity index (χ4n) is 1.23. The van der Waals surface area contributed by atoms with Crippen molar-refractivity contribution in [1.29, 1.82) is 0 Å². The van der Waals surface area contributed by atoms with Crippen LogP contribution in [0.1, 0.15) is 24.2 Å². The molecule has 0 amide bonds. The molecule has 4 heteroatoms. The fraction of sp³-hybridized carbons (Fsp3) is 0.417. The van der Waals surface area contributed by atoms with Gasteiger partial charge in [-0.15, -0.1) is 0 Å². The van der Waals surface area contributed by atoms with E-state index in [0.29, 0.717) is 23.7 Å². The maximum Gasteiger partial charge on any atom is 0.189 e. The molecule has 0 heterocycles. The summed E-state index contributed by atoms with van der Waals surface area (Å²) in [7, 11) is 1.56. The highest BCUT2D eigenvalue weighted by atomic mass is 16.7. The Morgan fingerprint density at radius 2 is 2.12 bits per heavy atom. The average Bonchev–Trinajstić information content (AvgIpc) is 2.29. The molecule has 0 saturated carbocycles. The van der Waals surface area contributed by atoms with Crippen LogP contribution in [0.2, 0.25) is 0 Å². The van der Waals surface area contributed by atoms with E-state index in [-0.39, 0.29) is 12.6 Å². The summed E-state index contributed by atoms with van der Waals surface area (Å²) in [5.41, 5.74) is 0.528. The summed E-state index contributed by atoms with van der Waals surface area (Å²) in [6.07, 6.45) is 0. The number of carbonyl (C=O) groups excluding carboxylic acids is 1. The third kappa shape index (κ3) is 3.24. The van der Waals surface area contributed by atoms with Gasteiger partial charge in [0.15, 0.2) is 12.6 Å². The second-order valence-corrected chi connectivity index (χ2v) is 3.17. The second kappa shape index (κ2) is 6.12. The minimum atomic E-state index is -0.0471. The smallest absolute Gasteiger partial charge is 0.189 e. The van der Waals surface area contributed by atoms with Crippen LogP contribution in [-0.2, 0) is 4.74 Å². The van der Waals surface area contributed by atoms with Gasteiger partial charge in [-0.2, -0.15) is 0 Å². The molecular formula is C12H16O4. The van der Waals surface area contributed by atoms with Crippen LogP contribution in [0.3, 0.4) is 0 Å². The highest BCUT2D eigenvalue weighted by Gasteiger charge is 2.09. The predicted octanol–water partition coefficient (Wildman–Crippen LogP) is 2.27. The quantitative estimate of drug-likeness (QED) is 0.422. The third-order valence-electron chi connectivity index (χ3n) is 2.07. The molecule has 0 spiro atoms. The van der Waals surface area contributed by atoms with Crippen molar-refractivity contribution in [2.45, 2.75) is 13.8 Å². The largest absolute Gasteiger partial charge is 0.497 e.